The summed E-state index contributed by atoms with van der Waals surface area (Å²) in [6.45, 7) is 10.6. The number of aliphatic hydroxyl groups excluding tert-OH is 1. The first-order chi connectivity index (χ1) is 18.8. The fourth-order valence-electron chi connectivity index (χ4n) is 3.87. The van der Waals surface area contributed by atoms with Crippen LogP contribution in [0.25, 0.3) is 0 Å². The van der Waals surface area contributed by atoms with Crippen LogP contribution >= 0.6 is 11.6 Å². The van der Waals surface area contributed by atoms with Gasteiger partial charge in [-0.1, -0.05) is 57.5 Å². The number of nitrogens with zero attached hydrogens (tertiary/aromatic N) is 2. The molecule has 0 bridgehead atoms. The standard InChI is InChI=1S/C26H33ClN4O4.2C2H6/c1-30-17-21(8-9-24(30)27)23(32)15-28-11-10-18-4-6-20(7-5-18)25(33)31(2)16-19-12-22(14-29-13-19)26(34)35-3;2*1-2/h4-9,12-13,23,28-29,32H,10-11,14-17H2,1-3H3;2*1-2H3. The highest BCUT2D eigenvalue weighted by Crippen LogP contribution is 2.18. The van der Waals surface area contributed by atoms with E-state index in [9.17, 15) is 14.7 Å². The number of benzene rings is 1. The zero-order chi connectivity index (χ0) is 29.4. The van der Waals surface area contributed by atoms with Gasteiger partial charge in [-0.15, -0.1) is 0 Å². The summed E-state index contributed by atoms with van der Waals surface area (Å²) in [5.41, 5.74) is 3.98. The number of esters is 1. The van der Waals surface area contributed by atoms with Crippen LogP contribution in [0, 0.1) is 0 Å². The molecular formula is C30H45ClN4O4. The topological polar surface area (TPSA) is 94.1 Å². The number of nitrogens with one attached hydrogen (secondary N) is 2. The number of allylic oxidation sites excluding steroid dienone is 2. The molecule has 2 heterocycles. The second kappa shape index (κ2) is 18.3. The number of carbonyl (C=O) groups excluding carboxylic acids is 2. The van der Waals surface area contributed by atoms with E-state index in [0.717, 1.165) is 23.1 Å². The average molecular weight is 561 g/mol. The highest BCUT2D eigenvalue weighted by molar-refractivity contribution is 6.29. The molecule has 0 fully saturated rings. The molecule has 0 aromatic heterocycles. The first kappa shape index (κ1) is 34.0. The summed E-state index contributed by atoms with van der Waals surface area (Å²) >= 11 is 6.04. The maximum atomic E-state index is 12.8. The molecule has 0 aliphatic carbocycles. The van der Waals surface area contributed by atoms with Crippen LogP contribution in [0.1, 0.15) is 43.6 Å². The van der Waals surface area contributed by atoms with E-state index in [1.54, 1.807) is 30.3 Å². The van der Waals surface area contributed by atoms with Crippen molar-refractivity contribution >= 4 is 23.5 Å². The maximum Gasteiger partial charge on any atom is 0.335 e. The molecule has 1 aromatic rings. The summed E-state index contributed by atoms with van der Waals surface area (Å²) in [7, 11) is 4.97. The SMILES string of the molecule is CC.CC.COC(=O)C1=CC(CN(C)C(=O)c2ccc(CCNCC(O)C3=CC=C(Cl)N(C)C3)cc2)=CNC1. The number of hydrogen-bond acceptors (Lipinski definition) is 7. The Kier molecular flexibility index (Phi) is 15.9. The van der Waals surface area contributed by atoms with Gasteiger partial charge in [0.15, 0.2) is 0 Å². The van der Waals surface area contributed by atoms with E-state index >= 15 is 0 Å². The third kappa shape index (κ3) is 10.9. The van der Waals surface area contributed by atoms with Crippen LogP contribution in [0.15, 0.2) is 70.6 Å². The lowest BCUT2D eigenvalue weighted by Gasteiger charge is -2.26. The number of dihydropyridines is 1. The number of aliphatic hydroxyl groups is 1. The fourth-order valence-corrected chi connectivity index (χ4v) is 3.99. The minimum Gasteiger partial charge on any atom is -0.466 e. The van der Waals surface area contributed by atoms with Crippen molar-refractivity contribution < 1.29 is 19.4 Å². The maximum absolute atomic E-state index is 12.8. The summed E-state index contributed by atoms with van der Waals surface area (Å²) < 4.78 is 4.77. The van der Waals surface area contributed by atoms with Crippen molar-refractivity contribution in [2.24, 2.45) is 0 Å². The van der Waals surface area contributed by atoms with Gasteiger partial charge in [-0.3, -0.25) is 4.79 Å². The lowest BCUT2D eigenvalue weighted by Crippen LogP contribution is -2.34. The zero-order valence-electron chi connectivity index (χ0n) is 24.4. The lowest BCUT2D eigenvalue weighted by atomic mass is 10.1. The molecule has 9 heteroatoms. The molecule has 39 heavy (non-hydrogen) atoms. The molecule has 0 saturated heterocycles. The van der Waals surface area contributed by atoms with Gasteiger partial charge in [0.1, 0.15) is 5.16 Å². The second-order valence-electron chi connectivity index (χ2n) is 8.68. The van der Waals surface area contributed by atoms with Gasteiger partial charge in [-0.05, 0) is 54.0 Å². The van der Waals surface area contributed by atoms with Gasteiger partial charge in [0.05, 0.1) is 18.8 Å². The van der Waals surface area contributed by atoms with Crippen molar-refractivity contribution in [1.82, 2.24) is 20.4 Å². The predicted molar refractivity (Wildman–Crippen MR) is 160 cm³/mol. The molecule has 1 unspecified atom stereocenters. The van der Waals surface area contributed by atoms with E-state index in [2.05, 4.69) is 10.6 Å². The Hall–Kier alpha value is -3.07. The number of hydrogen-bond donors (Lipinski definition) is 3. The summed E-state index contributed by atoms with van der Waals surface area (Å²) in [4.78, 5) is 28.1. The van der Waals surface area contributed by atoms with Gasteiger partial charge in [-0.25, -0.2) is 4.79 Å². The Bertz CT molecular complexity index is 1050. The van der Waals surface area contributed by atoms with Crippen LogP contribution in [0.5, 0.6) is 0 Å². The third-order valence-electron chi connectivity index (χ3n) is 5.93. The van der Waals surface area contributed by atoms with E-state index < -0.39 is 6.10 Å². The van der Waals surface area contributed by atoms with Gasteiger partial charge in [-0.2, -0.15) is 0 Å². The molecular weight excluding hydrogens is 516 g/mol. The van der Waals surface area contributed by atoms with Crippen molar-refractivity contribution in [2.75, 3.05) is 53.9 Å². The van der Waals surface area contributed by atoms with Gasteiger partial charge in [0.25, 0.3) is 5.91 Å². The minimum atomic E-state index is -0.568. The van der Waals surface area contributed by atoms with Crippen LogP contribution in [0.2, 0.25) is 0 Å². The van der Waals surface area contributed by atoms with Gasteiger partial charge in [0, 0.05) is 52.0 Å². The first-order valence-electron chi connectivity index (χ1n) is 13.5. The van der Waals surface area contributed by atoms with E-state index in [4.69, 9.17) is 16.3 Å². The quantitative estimate of drug-likeness (QED) is 0.227. The normalized spacial score (nSPS) is 14.9. The Morgan fingerprint density at radius 3 is 2.46 bits per heavy atom. The largest absolute Gasteiger partial charge is 0.466 e. The van der Waals surface area contributed by atoms with Crippen molar-refractivity contribution in [1.29, 1.82) is 0 Å². The summed E-state index contributed by atoms with van der Waals surface area (Å²) in [5.74, 6) is -0.477. The van der Waals surface area contributed by atoms with Crippen LogP contribution in [0.4, 0.5) is 0 Å². The van der Waals surface area contributed by atoms with Crippen LogP contribution < -0.4 is 10.6 Å². The highest BCUT2D eigenvalue weighted by Gasteiger charge is 2.18. The van der Waals surface area contributed by atoms with Crippen LogP contribution in [0.3, 0.4) is 0 Å². The predicted octanol–water partition coefficient (Wildman–Crippen LogP) is 3.84. The molecule has 3 rings (SSSR count). The molecule has 2 aliphatic rings. The Morgan fingerprint density at radius 2 is 1.85 bits per heavy atom. The smallest absolute Gasteiger partial charge is 0.335 e. The highest BCUT2D eigenvalue weighted by atomic mass is 35.5. The molecule has 8 nitrogen and oxygen atoms in total. The number of methoxy groups -OCH3 is 1. The fraction of sp³-hybridized carbons (Fsp3) is 0.467. The average Bonchev–Trinajstić information content (AvgIpc) is 2.98. The van der Waals surface area contributed by atoms with Gasteiger partial charge < -0.3 is 30.3 Å². The van der Waals surface area contributed by atoms with E-state index in [0.29, 0.717) is 49.0 Å². The Labute approximate surface area is 239 Å². The van der Waals surface area contributed by atoms with Crippen molar-refractivity contribution in [3.8, 4) is 0 Å². The summed E-state index contributed by atoms with van der Waals surface area (Å²) in [6, 6.07) is 7.54. The minimum absolute atomic E-state index is 0.0998. The van der Waals surface area contributed by atoms with Crippen molar-refractivity contribution in [2.45, 2.75) is 40.2 Å². The summed E-state index contributed by atoms with van der Waals surface area (Å²) in [6.07, 6.45) is 7.44. The second-order valence-corrected chi connectivity index (χ2v) is 9.06. The third-order valence-corrected chi connectivity index (χ3v) is 6.34. The number of amides is 1. The number of rotatable bonds is 10. The number of ether oxygens (including phenoxy) is 1. The molecule has 0 radical (unpaired) electrons. The van der Waals surface area contributed by atoms with E-state index in [1.165, 1.54) is 7.11 Å². The molecule has 0 saturated carbocycles. The number of likely N-dealkylation sites (N-methyl/N-ethyl adjacent to an activating group) is 2. The van der Waals surface area contributed by atoms with Gasteiger partial charge in [0.2, 0.25) is 0 Å². The molecule has 0 spiro atoms. The monoisotopic (exact) mass is 560 g/mol. The Balaban J connectivity index is 0.00000181. The first-order valence-corrected chi connectivity index (χ1v) is 13.9. The molecule has 1 aromatic carbocycles. The summed E-state index contributed by atoms with van der Waals surface area (Å²) in [5, 5.41) is 17.4. The molecule has 2 aliphatic heterocycles. The van der Waals surface area contributed by atoms with Gasteiger partial charge >= 0.3 is 5.97 Å². The molecule has 1 amide bonds. The zero-order valence-corrected chi connectivity index (χ0v) is 25.1. The molecule has 216 valence electrons. The van der Waals surface area contributed by atoms with E-state index in [1.807, 2.05) is 70.0 Å². The Morgan fingerprint density at radius 1 is 1.18 bits per heavy atom. The lowest BCUT2D eigenvalue weighted by molar-refractivity contribution is -0.136. The number of halogens is 1. The van der Waals surface area contributed by atoms with Crippen LogP contribution in [-0.4, -0.2) is 86.8 Å². The molecule has 1 atom stereocenters. The van der Waals surface area contributed by atoms with Crippen molar-refractivity contribution in [3.05, 3.63) is 81.7 Å². The van der Waals surface area contributed by atoms with E-state index in [-0.39, 0.29) is 11.9 Å². The van der Waals surface area contributed by atoms with Crippen molar-refractivity contribution in [3.63, 3.8) is 0 Å². The molecule has 3 N–H and O–H groups in total. The van der Waals surface area contributed by atoms with Crippen LogP contribution in [-0.2, 0) is 16.0 Å². The number of carbonyl (C=O) groups is 2.